The Morgan fingerprint density at radius 2 is 2.07 bits per heavy atom. The van der Waals surface area contributed by atoms with Gasteiger partial charge in [0.25, 0.3) is 5.91 Å². The van der Waals surface area contributed by atoms with Crippen molar-refractivity contribution in [1.82, 2.24) is 10.3 Å². The molecule has 0 aliphatic carbocycles. The summed E-state index contributed by atoms with van der Waals surface area (Å²) in [6.07, 6.45) is 0. The normalized spacial score (nSPS) is 10.3. The van der Waals surface area contributed by atoms with Crippen molar-refractivity contribution >= 4 is 5.91 Å². The molecule has 0 bridgehead atoms. The molecule has 4 N–H and O–H groups in total. The minimum Gasteiger partial charge on any atom is -0.394 e. The van der Waals surface area contributed by atoms with Crippen molar-refractivity contribution in [2.45, 2.75) is 6.04 Å². The highest BCUT2D eigenvalue weighted by Gasteiger charge is 2.11. The van der Waals surface area contributed by atoms with E-state index in [0.29, 0.717) is 0 Å². The fraction of sp³-hybridized carbons (Fsp3) is 0.333. The van der Waals surface area contributed by atoms with Crippen LogP contribution in [0.25, 0.3) is 0 Å². The van der Waals surface area contributed by atoms with Gasteiger partial charge in [-0.1, -0.05) is 6.07 Å². The summed E-state index contributed by atoms with van der Waals surface area (Å²) in [5.74, 6) is -0.541. The van der Waals surface area contributed by atoms with Crippen LogP contribution in [0.3, 0.4) is 0 Å². The van der Waals surface area contributed by atoms with Gasteiger partial charge in [-0.05, 0) is 6.07 Å². The lowest BCUT2D eigenvalue weighted by Gasteiger charge is -2.12. The predicted octanol–water partition coefficient (Wildman–Crippen LogP) is -1.54. The van der Waals surface area contributed by atoms with Crippen LogP contribution in [0.5, 0.6) is 0 Å². The second-order valence-electron chi connectivity index (χ2n) is 2.96. The topological polar surface area (TPSA) is 102 Å². The molecule has 0 unspecified atom stereocenters. The van der Waals surface area contributed by atoms with Gasteiger partial charge in [0.05, 0.1) is 19.3 Å². The zero-order valence-corrected chi connectivity index (χ0v) is 7.93. The Morgan fingerprint density at radius 3 is 2.60 bits per heavy atom. The van der Waals surface area contributed by atoms with E-state index in [1.165, 1.54) is 18.2 Å². The van der Waals surface area contributed by atoms with Gasteiger partial charge in [-0.3, -0.25) is 9.59 Å². The summed E-state index contributed by atoms with van der Waals surface area (Å²) in [5.41, 5.74) is -0.290. The lowest BCUT2D eigenvalue weighted by atomic mass is 10.3. The van der Waals surface area contributed by atoms with Gasteiger partial charge in [0.15, 0.2) is 0 Å². The van der Waals surface area contributed by atoms with Gasteiger partial charge in [-0.15, -0.1) is 0 Å². The molecule has 0 aromatic carbocycles. The van der Waals surface area contributed by atoms with Gasteiger partial charge in [-0.2, -0.15) is 0 Å². The molecular weight excluding hydrogens is 200 g/mol. The molecule has 0 fully saturated rings. The number of pyridine rings is 1. The van der Waals surface area contributed by atoms with Crippen molar-refractivity contribution < 1.29 is 15.0 Å². The fourth-order valence-corrected chi connectivity index (χ4v) is 0.992. The molecule has 1 rings (SSSR count). The third kappa shape index (κ3) is 3.19. The highest BCUT2D eigenvalue weighted by molar-refractivity contribution is 5.92. The zero-order chi connectivity index (χ0) is 11.3. The Hall–Kier alpha value is -1.66. The Labute approximate surface area is 85.6 Å². The summed E-state index contributed by atoms with van der Waals surface area (Å²) in [7, 11) is 0. The van der Waals surface area contributed by atoms with Gasteiger partial charge in [0.2, 0.25) is 5.56 Å². The molecule has 1 heterocycles. The molecule has 0 spiro atoms. The smallest absolute Gasteiger partial charge is 0.268 e. The Balaban J connectivity index is 2.73. The standard InChI is InChI=1S/C9H12N2O4/c12-4-6(5-13)10-9(15)7-2-1-3-8(14)11-7/h1-3,6,12-13H,4-5H2,(H,10,15)(H,11,14). The summed E-state index contributed by atoms with van der Waals surface area (Å²) < 4.78 is 0. The van der Waals surface area contributed by atoms with Crippen LogP contribution in [0.1, 0.15) is 10.5 Å². The van der Waals surface area contributed by atoms with Crippen LogP contribution in [0, 0.1) is 0 Å². The van der Waals surface area contributed by atoms with Crippen LogP contribution in [-0.4, -0.2) is 40.4 Å². The molecule has 0 radical (unpaired) electrons. The Kier molecular flexibility index (Phi) is 4.02. The number of nitrogens with one attached hydrogen (secondary N) is 2. The Bertz CT molecular complexity index is 384. The van der Waals surface area contributed by atoms with Crippen molar-refractivity contribution in [3.05, 3.63) is 34.2 Å². The minimum atomic E-state index is -0.721. The van der Waals surface area contributed by atoms with Crippen LogP contribution in [0.4, 0.5) is 0 Å². The number of aliphatic hydroxyl groups excluding tert-OH is 2. The number of aromatic amines is 1. The largest absolute Gasteiger partial charge is 0.394 e. The second kappa shape index (κ2) is 5.28. The fourth-order valence-electron chi connectivity index (χ4n) is 0.992. The molecule has 1 aromatic rings. The lowest BCUT2D eigenvalue weighted by Crippen LogP contribution is -2.40. The predicted molar refractivity (Wildman–Crippen MR) is 52.5 cm³/mol. The van der Waals surface area contributed by atoms with Crippen LogP contribution in [0.15, 0.2) is 23.0 Å². The van der Waals surface area contributed by atoms with Crippen LogP contribution >= 0.6 is 0 Å². The van der Waals surface area contributed by atoms with Crippen molar-refractivity contribution in [3.63, 3.8) is 0 Å². The molecule has 0 saturated carbocycles. The summed E-state index contributed by atoms with van der Waals surface area (Å²) in [6.45, 7) is -0.724. The van der Waals surface area contributed by atoms with Crippen molar-refractivity contribution in [1.29, 1.82) is 0 Å². The number of aromatic nitrogens is 1. The average Bonchev–Trinajstić information content (AvgIpc) is 2.25. The van der Waals surface area contributed by atoms with Gasteiger partial charge >= 0.3 is 0 Å². The number of hydrogen-bond acceptors (Lipinski definition) is 4. The van der Waals surface area contributed by atoms with E-state index in [9.17, 15) is 9.59 Å². The monoisotopic (exact) mass is 212 g/mol. The van der Waals surface area contributed by atoms with E-state index in [1.807, 2.05) is 0 Å². The molecule has 0 saturated heterocycles. The summed E-state index contributed by atoms with van der Waals surface area (Å²) >= 11 is 0. The maximum atomic E-state index is 11.4. The zero-order valence-electron chi connectivity index (χ0n) is 7.93. The third-order valence-electron chi connectivity index (χ3n) is 1.79. The van der Waals surface area contributed by atoms with Crippen molar-refractivity contribution in [2.24, 2.45) is 0 Å². The molecule has 6 nitrogen and oxygen atoms in total. The molecule has 15 heavy (non-hydrogen) atoms. The first-order chi connectivity index (χ1) is 7.17. The van der Waals surface area contributed by atoms with E-state index in [-0.39, 0.29) is 24.5 Å². The average molecular weight is 212 g/mol. The molecule has 0 atom stereocenters. The van der Waals surface area contributed by atoms with Crippen molar-refractivity contribution in [3.8, 4) is 0 Å². The van der Waals surface area contributed by atoms with Crippen molar-refractivity contribution in [2.75, 3.05) is 13.2 Å². The Morgan fingerprint density at radius 1 is 1.40 bits per heavy atom. The van der Waals surface area contributed by atoms with E-state index >= 15 is 0 Å². The number of amides is 1. The SMILES string of the molecule is O=C(NC(CO)CO)c1cccc(=O)[nH]1. The summed E-state index contributed by atoms with van der Waals surface area (Å²) in [5, 5.41) is 19.8. The van der Waals surface area contributed by atoms with E-state index in [2.05, 4.69) is 10.3 Å². The maximum absolute atomic E-state index is 11.4. The molecule has 1 amide bonds. The van der Waals surface area contributed by atoms with E-state index < -0.39 is 11.9 Å². The van der Waals surface area contributed by atoms with E-state index in [0.717, 1.165) is 0 Å². The van der Waals surface area contributed by atoms with Crippen LogP contribution in [0.2, 0.25) is 0 Å². The molecule has 6 heteroatoms. The highest BCUT2D eigenvalue weighted by atomic mass is 16.3. The number of rotatable bonds is 4. The number of carbonyl (C=O) groups excluding carboxylic acids is 1. The molecule has 0 aliphatic rings. The van der Waals surface area contributed by atoms with E-state index in [4.69, 9.17) is 10.2 Å². The maximum Gasteiger partial charge on any atom is 0.268 e. The number of hydrogen-bond donors (Lipinski definition) is 4. The molecule has 1 aromatic heterocycles. The quantitative estimate of drug-likeness (QED) is 0.485. The van der Waals surface area contributed by atoms with E-state index in [1.54, 1.807) is 0 Å². The number of carbonyl (C=O) groups is 1. The van der Waals surface area contributed by atoms with Gasteiger partial charge in [0, 0.05) is 6.07 Å². The first-order valence-electron chi connectivity index (χ1n) is 4.39. The third-order valence-corrected chi connectivity index (χ3v) is 1.79. The number of H-pyrrole nitrogens is 1. The summed E-state index contributed by atoms with van der Waals surface area (Å²) in [6, 6.07) is 3.44. The molecule has 0 aliphatic heterocycles. The highest BCUT2D eigenvalue weighted by Crippen LogP contribution is 1.91. The molecule has 82 valence electrons. The number of aliphatic hydroxyl groups is 2. The molecular formula is C9H12N2O4. The first-order valence-corrected chi connectivity index (χ1v) is 4.39. The summed E-state index contributed by atoms with van der Waals surface area (Å²) in [4.78, 5) is 24.6. The van der Waals surface area contributed by atoms with Crippen LogP contribution in [-0.2, 0) is 0 Å². The second-order valence-corrected chi connectivity index (χ2v) is 2.96. The van der Waals surface area contributed by atoms with Gasteiger partial charge in [-0.25, -0.2) is 0 Å². The first kappa shape index (κ1) is 11.4. The van der Waals surface area contributed by atoms with Gasteiger partial charge in [0.1, 0.15) is 5.69 Å². The van der Waals surface area contributed by atoms with Gasteiger partial charge < -0.3 is 20.5 Å². The lowest BCUT2D eigenvalue weighted by molar-refractivity contribution is 0.0874. The minimum absolute atomic E-state index is 0.0920. The van der Waals surface area contributed by atoms with Crippen LogP contribution < -0.4 is 10.9 Å².